The molecule has 2 atom stereocenters. The molecule has 0 aromatic heterocycles. The van der Waals surface area contributed by atoms with Crippen molar-refractivity contribution in [1.29, 1.82) is 0 Å². The van der Waals surface area contributed by atoms with Gasteiger partial charge in [-0.15, -0.1) is 0 Å². The molecule has 0 aromatic rings. The quantitative estimate of drug-likeness (QED) is 0.700. The van der Waals surface area contributed by atoms with E-state index in [0.717, 1.165) is 44.9 Å². The van der Waals surface area contributed by atoms with Crippen molar-refractivity contribution in [2.24, 2.45) is 5.92 Å². The van der Waals surface area contributed by atoms with Gasteiger partial charge in [0.25, 0.3) is 0 Å². The molecule has 0 aliphatic heterocycles. The monoisotopic (exact) mass is 238 g/mol. The molecule has 0 radical (unpaired) electrons. The van der Waals surface area contributed by atoms with E-state index in [2.05, 4.69) is 0 Å². The van der Waals surface area contributed by atoms with Gasteiger partial charge in [0.2, 0.25) is 0 Å². The summed E-state index contributed by atoms with van der Waals surface area (Å²) in [7, 11) is 0. The first-order chi connectivity index (χ1) is 8.22. The van der Waals surface area contributed by atoms with Gasteiger partial charge in [-0.25, -0.2) is 0 Å². The smallest absolute Gasteiger partial charge is 0.138 e. The van der Waals surface area contributed by atoms with E-state index < -0.39 is 5.60 Å². The molecule has 2 fully saturated rings. The van der Waals surface area contributed by atoms with E-state index in [1.165, 1.54) is 25.7 Å². The number of carbonyl (C=O) groups is 1. The van der Waals surface area contributed by atoms with E-state index in [4.69, 9.17) is 0 Å². The van der Waals surface area contributed by atoms with Gasteiger partial charge in [0, 0.05) is 12.3 Å². The van der Waals surface area contributed by atoms with Crippen LogP contribution in [-0.4, -0.2) is 16.5 Å². The van der Waals surface area contributed by atoms with Crippen molar-refractivity contribution in [3.63, 3.8) is 0 Å². The summed E-state index contributed by atoms with van der Waals surface area (Å²) in [6.07, 6.45) is 12.6. The van der Waals surface area contributed by atoms with E-state index in [9.17, 15) is 9.90 Å². The lowest BCUT2D eigenvalue weighted by Crippen LogP contribution is -2.44. The minimum absolute atomic E-state index is 0.0469. The number of hydrogen-bond acceptors (Lipinski definition) is 2. The van der Waals surface area contributed by atoms with Crippen molar-refractivity contribution >= 4 is 5.78 Å². The van der Waals surface area contributed by atoms with Crippen LogP contribution < -0.4 is 0 Å². The topological polar surface area (TPSA) is 37.3 Å². The van der Waals surface area contributed by atoms with E-state index in [1.807, 2.05) is 0 Å². The predicted octanol–water partition coefficient (Wildman–Crippen LogP) is 3.61. The van der Waals surface area contributed by atoms with E-state index in [0.29, 0.717) is 12.2 Å². The number of aliphatic hydroxyl groups is 1. The fourth-order valence-corrected chi connectivity index (χ4v) is 3.59. The molecule has 2 nitrogen and oxygen atoms in total. The third-order valence-corrected chi connectivity index (χ3v) is 4.67. The molecular weight excluding hydrogens is 212 g/mol. The molecule has 0 bridgehead atoms. The van der Waals surface area contributed by atoms with Crippen LogP contribution >= 0.6 is 0 Å². The maximum absolute atomic E-state index is 12.2. The largest absolute Gasteiger partial charge is 0.389 e. The molecule has 17 heavy (non-hydrogen) atoms. The first kappa shape index (κ1) is 13.1. The molecule has 0 saturated heterocycles. The van der Waals surface area contributed by atoms with E-state index in [-0.39, 0.29) is 5.92 Å². The lowest BCUT2D eigenvalue weighted by atomic mass is 9.70. The van der Waals surface area contributed by atoms with Crippen molar-refractivity contribution in [1.82, 2.24) is 0 Å². The Kier molecular flexibility index (Phi) is 4.61. The maximum Gasteiger partial charge on any atom is 0.138 e. The Balaban J connectivity index is 2.06. The van der Waals surface area contributed by atoms with Crippen LogP contribution in [0.1, 0.15) is 77.0 Å². The standard InChI is InChI=1S/C15H26O2/c16-14-10-5-3-1-2-4-7-11-15(17)12-8-6-9-13(14)15/h13,17H,1-12H2/t13-,15-/m1/s1. The summed E-state index contributed by atoms with van der Waals surface area (Å²) in [6, 6.07) is 0. The molecule has 0 spiro atoms. The molecule has 2 saturated carbocycles. The minimum atomic E-state index is -0.653. The van der Waals surface area contributed by atoms with Crippen molar-refractivity contribution in [2.75, 3.05) is 0 Å². The molecule has 0 amide bonds. The van der Waals surface area contributed by atoms with Gasteiger partial charge >= 0.3 is 0 Å². The van der Waals surface area contributed by atoms with Crippen molar-refractivity contribution in [3.8, 4) is 0 Å². The molecule has 2 aliphatic carbocycles. The van der Waals surface area contributed by atoms with Gasteiger partial charge in [-0.1, -0.05) is 44.9 Å². The summed E-state index contributed by atoms with van der Waals surface area (Å²) in [5.41, 5.74) is -0.653. The van der Waals surface area contributed by atoms with Crippen molar-refractivity contribution in [2.45, 2.75) is 82.7 Å². The van der Waals surface area contributed by atoms with E-state index >= 15 is 0 Å². The normalized spacial score (nSPS) is 37.0. The molecule has 2 rings (SSSR count). The van der Waals surface area contributed by atoms with Crippen LogP contribution in [0.4, 0.5) is 0 Å². The van der Waals surface area contributed by atoms with Gasteiger partial charge in [0.1, 0.15) is 5.78 Å². The molecule has 0 aromatic carbocycles. The predicted molar refractivity (Wildman–Crippen MR) is 68.9 cm³/mol. The summed E-state index contributed by atoms with van der Waals surface area (Å²) in [6.45, 7) is 0. The third kappa shape index (κ3) is 3.31. The number of rotatable bonds is 0. The number of hydrogen-bond donors (Lipinski definition) is 1. The highest BCUT2D eigenvalue weighted by Crippen LogP contribution is 2.39. The lowest BCUT2D eigenvalue weighted by molar-refractivity contribution is -0.137. The van der Waals surface area contributed by atoms with Crippen LogP contribution in [0.25, 0.3) is 0 Å². The zero-order chi connectivity index (χ0) is 12.1. The van der Waals surface area contributed by atoms with Gasteiger partial charge in [-0.2, -0.15) is 0 Å². The Morgan fingerprint density at radius 1 is 0.882 bits per heavy atom. The molecule has 2 aliphatic rings. The Hall–Kier alpha value is -0.370. The SMILES string of the molecule is O=C1CCCCCCCC[C@@]2(O)CCCC[C@H]12. The Labute approximate surface area is 105 Å². The first-order valence-electron chi connectivity index (χ1n) is 7.47. The first-order valence-corrected chi connectivity index (χ1v) is 7.47. The van der Waals surface area contributed by atoms with Gasteiger partial charge in [0.15, 0.2) is 0 Å². The molecule has 0 unspecified atom stereocenters. The number of Topliss-reactive ketones (excluding diaryl/α,β-unsaturated/α-hetero) is 1. The molecular formula is C15H26O2. The number of fused-ring (bicyclic) bond motifs is 1. The second kappa shape index (κ2) is 5.99. The van der Waals surface area contributed by atoms with Crippen LogP contribution in [0, 0.1) is 5.92 Å². The fourth-order valence-electron chi connectivity index (χ4n) is 3.59. The molecule has 98 valence electrons. The van der Waals surface area contributed by atoms with Crippen molar-refractivity contribution < 1.29 is 9.90 Å². The molecule has 2 heteroatoms. The van der Waals surface area contributed by atoms with Crippen molar-refractivity contribution in [3.05, 3.63) is 0 Å². The highest BCUT2D eigenvalue weighted by molar-refractivity contribution is 5.82. The fraction of sp³-hybridized carbons (Fsp3) is 0.933. The van der Waals surface area contributed by atoms with Gasteiger partial charge < -0.3 is 5.11 Å². The van der Waals surface area contributed by atoms with Gasteiger partial charge in [-0.05, 0) is 25.7 Å². The highest BCUT2D eigenvalue weighted by atomic mass is 16.3. The summed E-state index contributed by atoms with van der Waals surface area (Å²) < 4.78 is 0. The van der Waals surface area contributed by atoms with Crippen LogP contribution in [-0.2, 0) is 4.79 Å². The van der Waals surface area contributed by atoms with Crippen LogP contribution in [0.15, 0.2) is 0 Å². The van der Waals surface area contributed by atoms with E-state index in [1.54, 1.807) is 0 Å². The van der Waals surface area contributed by atoms with Gasteiger partial charge in [0.05, 0.1) is 5.60 Å². The third-order valence-electron chi connectivity index (χ3n) is 4.67. The van der Waals surface area contributed by atoms with Crippen LogP contribution in [0.3, 0.4) is 0 Å². The molecule has 1 N–H and O–H groups in total. The minimum Gasteiger partial charge on any atom is -0.389 e. The second-order valence-electron chi connectivity index (χ2n) is 5.99. The Morgan fingerprint density at radius 2 is 1.47 bits per heavy atom. The highest BCUT2D eigenvalue weighted by Gasteiger charge is 2.41. The summed E-state index contributed by atoms with van der Waals surface area (Å²) in [5.74, 6) is 0.295. The summed E-state index contributed by atoms with van der Waals surface area (Å²) in [4.78, 5) is 12.2. The zero-order valence-electron chi connectivity index (χ0n) is 10.9. The van der Waals surface area contributed by atoms with Crippen LogP contribution in [0.5, 0.6) is 0 Å². The maximum atomic E-state index is 12.2. The number of carbonyl (C=O) groups excluding carboxylic acids is 1. The Bertz CT molecular complexity index is 262. The average molecular weight is 238 g/mol. The number of ketones is 1. The van der Waals surface area contributed by atoms with Gasteiger partial charge in [-0.3, -0.25) is 4.79 Å². The van der Waals surface area contributed by atoms with Crippen LogP contribution in [0.2, 0.25) is 0 Å². The average Bonchev–Trinajstić information content (AvgIpc) is 2.34. The molecule has 0 heterocycles. The summed E-state index contributed by atoms with van der Waals surface area (Å²) >= 11 is 0. The zero-order valence-corrected chi connectivity index (χ0v) is 10.9. The lowest BCUT2D eigenvalue weighted by Gasteiger charge is -2.39. The summed E-state index contributed by atoms with van der Waals surface area (Å²) in [5, 5.41) is 10.8. The second-order valence-corrected chi connectivity index (χ2v) is 5.99. The Morgan fingerprint density at radius 3 is 2.24 bits per heavy atom.